The molecule has 47 heavy (non-hydrogen) atoms. The fourth-order valence-corrected chi connectivity index (χ4v) is 5.84. The van der Waals surface area contributed by atoms with Gasteiger partial charge < -0.3 is 25.2 Å². The molecule has 246 valence electrons. The molecule has 3 atom stereocenters. The number of thioether (sulfide) groups is 1. The third-order valence-corrected chi connectivity index (χ3v) is 8.51. The van der Waals surface area contributed by atoms with Crippen molar-refractivity contribution in [1.82, 2.24) is 5.32 Å². The highest BCUT2D eigenvalue weighted by Crippen LogP contribution is 2.39. The number of nitrogens with one attached hydrogen (secondary N) is 2. The second-order valence-corrected chi connectivity index (χ2v) is 11.8. The van der Waals surface area contributed by atoms with Crippen LogP contribution in [0, 0.1) is 29.1 Å². The quantitative estimate of drug-likeness (QED) is 0.0720. The zero-order valence-electron chi connectivity index (χ0n) is 24.9. The molecule has 0 radical (unpaired) electrons. The minimum atomic E-state index is -2.35. The maximum atomic E-state index is 14.0. The van der Waals surface area contributed by atoms with Crippen LogP contribution >= 0.6 is 11.8 Å². The molecule has 1 heterocycles. The molecule has 0 aromatic heterocycles. The predicted octanol–water partition coefficient (Wildman–Crippen LogP) is 7.10. The number of anilines is 1. The zero-order valence-corrected chi connectivity index (χ0v) is 25.7. The van der Waals surface area contributed by atoms with Crippen molar-refractivity contribution in [2.75, 3.05) is 11.1 Å². The van der Waals surface area contributed by atoms with Gasteiger partial charge in [0, 0.05) is 41.8 Å². The van der Waals surface area contributed by atoms with E-state index in [1.54, 1.807) is 36.0 Å². The van der Waals surface area contributed by atoms with Crippen molar-refractivity contribution in [1.29, 1.82) is 0 Å². The highest BCUT2D eigenvalue weighted by molar-refractivity contribution is 7.99. The molecular weight excluding hydrogens is 643 g/mol. The molecule has 0 unspecified atom stereocenters. The second kappa shape index (κ2) is 15.1. The van der Waals surface area contributed by atoms with Crippen molar-refractivity contribution in [2.45, 2.75) is 49.9 Å². The number of aliphatic hydroxyl groups excluding tert-OH is 1. The fraction of sp³-hybridized carbons (Fsp3) is 0.235. The zero-order chi connectivity index (χ0) is 33.7. The van der Waals surface area contributed by atoms with Crippen molar-refractivity contribution in [2.24, 2.45) is 0 Å². The number of carbonyl (C=O) groups is 2. The van der Waals surface area contributed by atoms with E-state index in [2.05, 4.69) is 10.6 Å². The van der Waals surface area contributed by atoms with E-state index in [1.807, 2.05) is 48.5 Å². The van der Waals surface area contributed by atoms with E-state index in [9.17, 15) is 36.6 Å². The molecular formula is C34H29F5N2O5S. The van der Waals surface area contributed by atoms with Gasteiger partial charge in [0.05, 0.1) is 18.8 Å². The number of amides is 2. The van der Waals surface area contributed by atoms with Gasteiger partial charge in [0.1, 0.15) is 5.56 Å². The SMILES string of the molecule is CC(=O)Nc1ccc(SC[C@@H]2C[C@H](c3ccc(CO)cc3)O[C@H](c3ccc(CNC(=O)c4c(F)c(F)c(F)c(F)c4F)cc3)O2)cc1. The maximum absolute atomic E-state index is 14.0. The molecule has 4 aromatic carbocycles. The average Bonchev–Trinajstić information content (AvgIpc) is 3.08. The summed E-state index contributed by atoms with van der Waals surface area (Å²) in [7, 11) is 0. The molecule has 1 saturated heterocycles. The van der Waals surface area contributed by atoms with Crippen molar-refractivity contribution in [3.8, 4) is 0 Å². The Morgan fingerprint density at radius 1 is 0.787 bits per heavy atom. The van der Waals surface area contributed by atoms with Gasteiger partial charge in [-0.15, -0.1) is 11.8 Å². The van der Waals surface area contributed by atoms with Crippen LogP contribution in [0.1, 0.15) is 58.4 Å². The van der Waals surface area contributed by atoms with Crippen molar-refractivity contribution in [3.63, 3.8) is 0 Å². The monoisotopic (exact) mass is 672 g/mol. The first-order chi connectivity index (χ1) is 22.5. The number of carbonyl (C=O) groups excluding carboxylic acids is 2. The third-order valence-electron chi connectivity index (χ3n) is 7.37. The van der Waals surface area contributed by atoms with E-state index in [0.29, 0.717) is 29.0 Å². The van der Waals surface area contributed by atoms with Crippen LogP contribution in [-0.4, -0.2) is 28.8 Å². The molecule has 2 amide bonds. The summed E-state index contributed by atoms with van der Waals surface area (Å²) in [6, 6.07) is 21.5. The lowest BCUT2D eigenvalue weighted by molar-refractivity contribution is -0.245. The fourth-order valence-electron chi connectivity index (χ4n) is 4.92. The number of benzene rings is 4. The summed E-state index contributed by atoms with van der Waals surface area (Å²) in [5.74, 6) is -12.2. The minimum Gasteiger partial charge on any atom is -0.392 e. The molecule has 13 heteroatoms. The summed E-state index contributed by atoms with van der Waals surface area (Å²) < 4.78 is 81.2. The largest absolute Gasteiger partial charge is 0.392 e. The summed E-state index contributed by atoms with van der Waals surface area (Å²) in [5, 5.41) is 14.4. The molecule has 5 rings (SSSR count). The average molecular weight is 673 g/mol. The predicted molar refractivity (Wildman–Crippen MR) is 164 cm³/mol. The molecule has 1 fully saturated rings. The summed E-state index contributed by atoms with van der Waals surface area (Å²) in [5.41, 5.74) is 1.91. The molecule has 3 N–H and O–H groups in total. The number of hydrogen-bond donors (Lipinski definition) is 3. The minimum absolute atomic E-state index is 0.0914. The summed E-state index contributed by atoms with van der Waals surface area (Å²) >= 11 is 1.58. The van der Waals surface area contributed by atoms with Crippen LogP contribution in [0.25, 0.3) is 0 Å². The molecule has 0 saturated carbocycles. The van der Waals surface area contributed by atoms with Crippen LogP contribution in [0.15, 0.2) is 77.7 Å². The van der Waals surface area contributed by atoms with E-state index >= 15 is 0 Å². The first-order valence-electron chi connectivity index (χ1n) is 14.4. The smallest absolute Gasteiger partial charge is 0.257 e. The van der Waals surface area contributed by atoms with Gasteiger partial charge in [0.15, 0.2) is 29.6 Å². The van der Waals surface area contributed by atoms with Crippen LogP contribution in [0.2, 0.25) is 0 Å². The normalized spacial score (nSPS) is 17.7. The Morgan fingerprint density at radius 3 is 1.96 bits per heavy atom. The van der Waals surface area contributed by atoms with Gasteiger partial charge in [-0.1, -0.05) is 48.5 Å². The lowest BCUT2D eigenvalue weighted by Crippen LogP contribution is -2.31. The van der Waals surface area contributed by atoms with Crippen LogP contribution in [-0.2, 0) is 27.4 Å². The molecule has 0 aliphatic carbocycles. The van der Waals surface area contributed by atoms with Crippen LogP contribution in [0.4, 0.5) is 27.6 Å². The Kier molecular flexibility index (Phi) is 10.9. The van der Waals surface area contributed by atoms with Gasteiger partial charge in [0.25, 0.3) is 5.91 Å². The van der Waals surface area contributed by atoms with E-state index < -0.39 is 46.8 Å². The lowest BCUT2D eigenvalue weighted by atomic mass is 10.0. The maximum Gasteiger partial charge on any atom is 0.257 e. The van der Waals surface area contributed by atoms with Gasteiger partial charge in [-0.2, -0.15) is 0 Å². The molecule has 1 aliphatic rings. The Balaban J connectivity index is 1.28. The highest BCUT2D eigenvalue weighted by Gasteiger charge is 2.33. The number of ether oxygens (including phenoxy) is 2. The standard InChI is InChI=1S/C34H29F5N2O5S/c1-18(43)41-23-10-12-25(13-11-23)47-17-24-14-26(21-6-4-20(16-42)5-7-21)46-34(45-24)22-8-2-19(3-9-22)15-40-33(44)27-28(35)30(37)32(39)31(38)29(27)36/h2-13,24,26,34,42H,14-17H2,1H3,(H,40,44)(H,41,43)/t24-,26+,34+/m0/s1. The summed E-state index contributed by atoms with van der Waals surface area (Å²) in [6.07, 6.45) is -0.810. The first kappa shape index (κ1) is 34.0. The number of halogens is 5. The van der Waals surface area contributed by atoms with Gasteiger partial charge >= 0.3 is 0 Å². The Hall–Kier alpha value is -4.30. The first-order valence-corrected chi connectivity index (χ1v) is 15.4. The van der Waals surface area contributed by atoms with E-state index in [-0.39, 0.29) is 31.3 Å². The second-order valence-electron chi connectivity index (χ2n) is 10.7. The van der Waals surface area contributed by atoms with E-state index in [1.165, 1.54) is 6.92 Å². The summed E-state index contributed by atoms with van der Waals surface area (Å²) in [4.78, 5) is 24.6. The summed E-state index contributed by atoms with van der Waals surface area (Å²) in [6.45, 7) is 1.09. The Bertz CT molecular complexity index is 1710. The van der Waals surface area contributed by atoms with Gasteiger partial charge in [-0.3, -0.25) is 9.59 Å². The molecule has 7 nitrogen and oxygen atoms in total. The molecule has 0 spiro atoms. The van der Waals surface area contributed by atoms with Crippen molar-refractivity contribution < 1.29 is 46.1 Å². The van der Waals surface area contributed by atoms with E-state index in [4.69, 9.17) is 9.47 Å². The molecule has 4 aromatic rings. The third kappa shape index (κ3) is 8.17. The number of rotatable bonds is 10. The van der Waals surface area contributed by atoms with Crippen molar-refractivity contribution >= 4 is 29.3 Å². The van der Waals surface area contributed by atoms with Gasteiger partial charge in [-0.05, 0) is 41.0 Å². The number of hydrogen-bond acceptors (Lipinski definition) is 6. The van der Waals surface area contributed by atoms with Crippen molar-refractivity contribution in [3.05, 3.63) is 130 Å². The number of aliphatic hydroxyl groups is 1. The van der Waals surface area contributed by atoms with Crippen LogP contribution < -0.4 is 10.6 Å². The van der Waals surface area contributed by atoms with Crippen LogP contribution in [0.5, 0.6) is 0 Å². The van der Waals surface area contributed by atoms with Gasteiger partial charge in [0.2, 0.25) is 11.7 Å². The molecule has 0 bridgehead atoms. The Labute approximate surface area is 271 Å². The lowest BCUT2D eigenvalue weighted by Gasteiger charge is -2.36. The van der Waals surface area contributed by atoms with Crippen LogP contribution in [0.3, 0.4) is 0 Å². The topological polar surface area (TPSA) is 96.9 Å². The Morgan fingerprint density at radius 2 is 1.36 bits per heavy atom. The highest BCUT2D eigenvalue weighted by atomic mass is 32.2. The van der Waals surface area contributed by atoms with Gasteiger partial charge in [-0.25, -0.2) is 22.0 Å². The molecule has 1 aliphatic heterocycles. The van der Waals surface area contributed by atoms with E-state index in [0.717, 1.165) is 16.0 Å².